The summed E-state index contributed by atoms with van der Waals surface area (Å²) in [6, 6.07) is 17.1. The maximum Gasteiger partial charge on any atom is 0.262 e. The van der Waals surface area contributed by atoms with Gasteiger partial charge in [0.1, 0.15) is 11.5 Å². The highest BCUT2D eigenvalue weighted by atomic mass is 35.5. The highest BCUT2D eigenvalue weighted by Crippen LogP contribution is 2.25. The third-order valence-corrected chi connectivity index (χ3v) is 3.82. The van der Waals surface area contributed by atoms with Crippen molar-refractivity contribution in [2.75, 3.05) is 11.9 Å². The summed E-state index contributed by atoms with van der Waals surface area (Å²) in [5.41, 5.74) is 0.437. The van der Waals surface area contributed by atoms with E-state index in [0.29, 0.717) is 33.1 Å². The van der Waals surface area contributed by atoms with Crippen LogP contribution in [-0.2, 0) is 4.79 Å². The lowest BCUT2D eigenvalue weighted by molar-refractivity contribution is -0.118. The molecule has 5 nitrogen and oxygen atoms in total. The summed E-state index contributed by atoms with van der Waals surface area (Å²) in [6.45, 7) is -0.163. The van der Waals surface area contributed by atoms with Gasteiger partial charge in [-0.15, -0.1) is 0 Å². The van der Waals surface area contributed by atoms with E-state index in [4.69, 9.17) is 32.7 Å². The fourth-order valence-electron chi connectivity index (χ4n) is 2.06. The standard InChI is InChI=1S/C19H14Cl2N2O3/c20-13-4-9-16(21)17(11-13)23-18(24)12-25-14-5-7-15(8-6-14)26-19-3-1-2-10-22-19/h1-11H,12H2,(H,23,24). The van der Waals surface area contributed by atoms with E-state index in [1.54, 1.807) is 54.7 Å². The Labute approximate surface area is 160 Å². The van der Waals surface area contributed by atoms with Gasteiger partial charge in [0.15, 0.2) is 6.61 Å². The lowest BCUT2D eigenvalue weighted by Crippen LogP contribution is -2.20. The van der Waals surface area contributed by atoms with Gasteiger partial charge in [-0.3, -0.25) is 4.79 Å². The first-order chi connectivity index (χ1) is 12.6. The molecule has 1 amide bonds. The summed E-state index contributed by atoms with van der Waals surface area (Å²) in [4.78, 5) is 16.1. The molecule has 0 saturated heterocycles. The summed E-state index contributed by atoms with van der Waals surface area (Å²) in [6.07, 6.45) is 1.65. The molecule has 0 atom stereocenters. The molecule has 3 aromatic rings. The van der Waals surface area contributed by atoms with E-state index in [-0.39, 0.29) is 12.5 Å². The Morgan fingerprint density at radius 2 is 1.77 bits per heavy atom. The van der Waals surface area contributed by atoms with E-state index in [1.807, 2.05) is 12.1 Å². The fourth-order valence-corrected chi connectivity index (χ4v) is 2.40. The van der Waals surface area contributed by atoms with Gasteiger partial charge in [0.25, 0.3) is 5.91 Å². The molecule has 1 aromatic heterocycles. The van der Waals surface area contributed by atoms with Crippen LogP contribution in [0.1, 0.15) is 0 Å². The van der Waals surface area contributed by atoms with E-state index in [9.17, 15) is 4.79 Å². The molecule has 0 aliphatic rings. The Morgan fingerprint density at radius 3 is 2.50 bits per heavy atom. The van der Waals surface area contributed by atoms with Crippen LogP contribution in [0, 0.1) is 0 Å². The zero-order valence-corrected chi connectivity index (χ0v) is 15.0. The Kier molecular flexibility index (Phi) is 5.94. The van der Waals surface area contributed by atoms with Crippen LogP contribution in [0.3, 0.4) is 0 Å². The van der Waals surface area contributed by atoms with E-state index in [1.165, 1.54) is 0 Å². The normalized spacial score (nSPS) is 10.2. The summed E-state index contributed by atoms with van der Waals surface area (Å²) >= 11 is 11.9. The van der Waals surface area contributed by atoms with Crippen LogP contribution in [0.4, 0.5) is 5.69 Å². The Morgan fingerprint density at radius 1 is 1.00 bits per heavy atom. The number of anilines is 1. The molecule has 0 aliphatic heterocycles. The van der Waals surface area contributed by atoms with E-state index in [2.05, 4.69) is 10.3 Å². The molecule has 3 rings (SSSR count). The number of hydrogen-bond donors (Lipinski definition) is 1. The van der Waals surface area contributed by atoms with E-state index in [0.717, 1.165) is 0 Å². The molecule has 0 fully saturated rings. The highest BCUT2D eigenvalue weighted by molar-refractivity contribution is 6.35. The molecule has 1 heterocycles. The Hall–Kier alpha value is -2.76. The van der Waals surface area contributed by atoms with Crippen molar-refractivity contribution >= 4 is 34.8 Å². The molecule has 0 radical (unpaired) electrons. The first-order valence-electron chi connectivity index (χ1n) is 7.67. The summed E-state index contributed by atoms with van der Waals surface area (Å²) in [5, 5.41) is 3.53. The summed E-state index contributed by atoms with van der Waals surface area (Å²) in [5.74, 6) is 1.30. The molecular formula is C19H14Cl2N2O3. The van der Waals surface area contributed by atoms with E-state index < -0.39 is 0 Å². The molecule has 2 aromatic carbocycles. The third-order valence-electron chi connectivity index (χ3n) is 3.26. The number of carbonyl (C=O) groups is 1. The van der Waals surface area contributed by atoms with Crippen LogP contribution in [0.5, 0.6) is 17.4 Å². The van der Waals surface area contributed by atoms with Crippen molar-refractivity contribution < 1.29 is 14.3 Å². The number of rotatable bonds is 6. The summed E-state index contributed by atoms with van der Waals surface area (Å²) < 4.78 is 11.0. The average Bonchev–Trinajstić information content (AvgIpc) is 2.65. The molecule has 0 aliphatic carbocycles. The van der Waals surface area contributed by atoms with Crippen LogP contribution >= 0.6 is 23.2 Å². The number of nitrogens with one attached hydrogen (secondary N) is 1. The maximum atomic E-state index is 12.0. The number of carbonyl (C=O) groups excluding carboxylic acids is 1. The van der Waals surface area contributed by atoms with Gasteiger partial charge in [-0.1, -0.05) is 29.3 Å². The van der Waals surface area contributed by atoms with Crippen molar-refractivity contribution in [2.24, 2.45) is 0 Å². The highest BCUT2D eigenvalue weighted by Gasteiger charge is 2.08. The smallest absolute Gasteiger partial charge is 0.262 e. The first-order valence-corrected chi connectivity index (χ1v) is 8.42. The van der Waals surface area contributed by atoms with Gasteiger partial charge in [-0.2, -0.15) is 0 Å². The monoisotopic (exact) mass is 388 g/mol. The summed E-state index contributed by atoms with van der Waals surface area (Å²) in [7, 11) is 0. The van der Waals surface area contributed by atoms with Gasteiger partial charge in [0.05, 0.1) is 10.7 Å². The van der Waals surface area contributed by atoms with Gasteiger partial charge in [-0.25, -0.2) is 4.98 Å². The van der Waals surface area contributed by atoms with Crippen molar-refractivity contribution in [3.8, 4) is 17.4 Å². The zero-order valence-electron chi connectivity index (χ0n) is 13.5. The average molecular weight is 389 g/mol. The molecule has 7 heteroatoms. The van der Waals surface area contributed by atoms with Crippen molar-refractivity contribution in [1.29, 1.82) is 0 Å². The molecule has 0 saturated carbocycles. The zero-order chi connectivity index (χ0) is 18.4. The molecule has 0 spiro atoms. The van der Waals surface area contributed by atoms with Gasteiger partial charge in [-0.05, 0) is 48.5 Å². The second-order valence-electron chi connectivity index (χ2n) is 5.20. The Bertz CT molecular complexity index is 887. The first kappa shape index (κ1) is 18.0. The number of halogens is 2. The fraction of sp³-hybridized carbons (Fsp3) is 0.0526. The van der Waals surface area contributed by atoms with Crippen molar-refractivity contribution in [2.45, 2.75) is 0 Å². The minimum absolute atomic E-state index is 0.163. The number of hydrogen-bond acceptors (Lipinski definition) is 4. The quantitative estimate of drug-likeness (QED) is 0.630. The van der Waals surface area contributed by atoms with Gasteiger partial charge in [0, 0.05) is 17.3 Å². The molecule has 0 unspecified atom stereocenters. The third kappa shape index (κ3) is 5.12. The van der Waals surface area contributed by atoms with Crippen LogP contribution < -0.4 is 14.8 Å². The lowest BCUT2D eigenvalue weighted by atomic mass is 10.3. The van der Waals surface area contributed by atoms with Crippen molar-refractivity contribution in [1.82, 2.24) is 4.98 Å². The van der Waals surface area contributed by atoms with Crippen molar-refractivity contribution in [3.63, 3.8) is 0 Å². The van der Waals surface area contributed by atoms with Crippen LogP contribution in [-0.4, -0.2) is 17.5 Å². The minimum Gasteiger partial charge on any atom is -0.484 e. The molecule has 132 valence electrons. The lowest BCUT2D eigenvalue weighted by Gasteiger charge is -2.10. The molecule has 1 N–H and O–H groups in total. The Balaban J connectivity index is 1.53. The number of amides is 1. The second kappa shape index (κ2) is 8.56. The molecule has 26 heavy (non-hydrogen) atoms. The predicted molar refractivity (Wildman–Crippen MR) is 101 cm³/mol. The van der Waals surface area contributed by atoms with Crippen LogP contribution in [0.2, 0.25) is 10.0 Å². The van der Waals surface area contributed by atoms with Gasteiger partial charge >= 0.3 is 0 Å². The van der Waals surface area contributed by atoms with Crippen LogP contribution in [0.15, 0.2) is 66.9 Å². The largest absolute Gasteiger partial charge is 0.484 e. The molecular weight excluding hydrogens is 375 g/mol. The second-order valence-corrected chi connectivity index (χ2v) is 6.05. The predicted octanol–water partition coefficient (Wildman–Crippen LogP) is 5.20. The number of benzene rings is 2. The van der Waals surface area contributed by atoms with E-state index >= 15 is 0 Å². The number of aromatic nitrogens is 1. The van der Waals surface area contributed by atoms with Gasteiger partial charge < -0.3 is 14.8 Å². The SMILES string of the molecule is O=C(COc1ccc(Oc2ccccn2)cc1)Nc1cc(Cl)ccc1Cl. The number of ether oxygens (including phenoxy) is 2. The van der Waals surface area contributed by atoms with Gasteiger partial charge in [0.2, 0.25) is 5.88 Å². The number of nitrogens with zero attached hydrogens (tertiary/aromatic N) is 1. The minimum atomic E-state index is -0.344. The molecule has 0 bridgehead atoms. The number of pyridine rings is 1. The van der Waals surface area contributed by atoms with Crippen LogP contribution in [0.25, 0.3) is 0 Å². The van der Waals surface area contributed by atoms with Crippen molar-refractivity contribution in [3.05, 3.63) is 76.9 Å². The topological polar surface area (TPSA) is 60.5 Å². The maximum absolute atomic E-state index is 12.0.